The molecule has 0 spiro atoms. The highest BCUT2D eigenvalue weighted by molar-refractivity contribution is 6.20. The Balaban J connectivity index is 2.55. The van der Waals surface area contributed by atoms with E-state index in [2.05, 4.69) is 9.88 Å². The average molecular weight is 316 g/mol. The van der Waals surface area contributed by atoms with Gasteiger partial charge in [0.1, 0.15) is 17.2 Å². The summed E-state index contributed by atoms with van der Waals surface area (Å²) in [5.74, 6) is -0.681. The molecule has 0 fully saturated rings. The molecule has 6 heteroatoms. The lowest BCUT2D eigenvalue weighted by atomic mass is 10.2. The van der Waals surface area contributed by atoms with Crippen LogP contribution in [0, 0.1) is 11.6 Å². The number of benzene rings is 1. The predicted octanol–water partition coefficient (Wildman–Crippen LogP) is 4.13. The molecule has 0 aliphatic carbocycles. The van der Waals surface area contributed by atoms with Crippen molar-refractivity contribution in [2.45, 2.75) is 31.7 Å². The highest BCUT2D eigenvalue weighted by atomic mass is 35.5. The summed E-state index contributed by atoms with van der Waals surface area (Å²) >= 11 is 6.17. The number of fused-ring (bicyclic) bond motifs is 1. The quantitative estimate of drug-likeness (QED) is 0.774. The molecule has 0 bridgehead atoms. The molecule has 3 nitrogen and oxygen atoms in total. The number of nitrogens with zero attached hydrogens (tertiary/aromatic N) is 3. The van der Waals surface area contributed by atoms with Gasteiger partial charge in [-0.05, 0) is 47.0 Å². The van der Waals surface area contributed by atoms with Crippen LogP contribution < -0.4 is 0 Å². The van der Waals surface area contributed by atoms with Crippen molar-refractivity contribution in [2.75, 3.05) is 20.6 Å². The number of hydrogen-bond acceptors (Lipinski definition) is 2. The third-order valence-corrected chi connectivity index (χ3v) is 3.73. The molecule has 0 N–H and O–H groups in total. The van der Waals surface area contributed by atoms with Crippen LogP contribution in [0.4, 0.5) is 8.78 Å². The standard InChI is InChI=1S/C15H20ClF2N3/c1-9(5-6-20(3)4)21-13-8-11(17)7-12(18)14(13)19-15(21)10(2)16/h7-10H,5-6H2,1-4H3. The Kier molecular flexibility index (Phi) is 4.84. The number of hydrogen-bond donors (Lipinski definition) is 0. The highest BCUT2D eigenvalue weighted by Gasteiger charge is 2.21. The lowest BCUT2D eigenvalue weighted by Gasteiger charge is -2.20. The Morgan fingerprint density at radius 1 is 1.29 bits per heavy atom. The maximum Gasteiger partial charge on any atom is 0.153 e. The normalized spacial score (nSPS) is 14.9. The maximum absolute atomic E-state index is 13.9. The van der Waals surface area contributed by atoms with Crippen LogP contribution in [0.1, 0.15) is 37.5 Å². The molecule has 116 valence electrons. The molecule has 21 heavy (non-hydrogen) atoms. The molecule has 2 rings (SSSR count). The summed E-state index contributed by atoms with van der Waals surface area (Å²) in [5.41, 5.74) is 0.636. The molecule has 0 saturated carbocycles. The third kappa shape index (κ3) is 3.35. The number of halogens is 3. The molecule has 1 heterocycles. The summed E-state index contributed by atoms with van der Waals surface area (Å²) in [6, 6.07) is 2.22. The van der Waals surface area contributed by atoms with Crippen LogP contribution in [0.25, 0.3) is 11.0 Å². The fourth-order valence-corrected chi connectivity index (χ4v) is 2.61. The minimum atomic E-state index is -0.651. The smallest absolute Gasteiger partial charge is 0.153 e. The summed E-state index contributed by atoms with van der Waals surface area (Å²) in [7, 11) is 3.98. The predicted molar refractivity (Wildman–Crippen MR) is 81.8 cm³/mol. The van der Waals surface area contributed by atoms with E-state index < -0.39 is 11.6 Å². The number of imidazole rings is 1. The number of alkyl halides is 1. The summed E-state index contributed by atoms with van der Waals surface area (Å²) in [5, 5.41) is -0.373. The molecular weight excluding hydrogens is 296 g/mol. The van der Waals surface area contributed by atoms with Crippen molar-refractivity contribution in [3.63, 3.8) is 0 Å². The first-order valence-electron chi connectivity index (χ1n) is 6.97. The van der Waals surface area contributed by atoms with E-state index in [0.29, 0.717) is 11.3 Å². The zero-order chi connectivity index (χ0) is 15.7. The van der Waals surface area contributed by atoms with Gasteiger partial charge in [0.05, 0.1) is 10.9 Å². The summed E-state index contributed by atoms with van der Waals surface area (Å²) in [4.78, 5) is 6.35. The molecule has 1 aromatic heterocycles. The molecule has 0 amide bonds. The highest BCUT2D eigenvalue weighted by Crippen LogP contribution is 2.31. The van der Waals surface area contributed by atoms with Gasteiger partial charge in [0.15, 0.2) is 5.82 Å². The molecule has 1 aromatic carbocycles. The molecule has 2 unspecified atom stereocenters. The monoisotopic (exact) mass is 315 g/mol. The van der Waals surface area contributed by atoms with Crippen molar-refractivity contribution in [2.24, 2.45) is 0 Å². The van der Waals surface area contributed by atoms with E-state index in [4.69, 9.17) is 11.6 Å². The lowest BCUT2D eigenvalue weighted by molar-refractivity contribution is 0.357. The molecule has 0 saturated heterocycles. The van der Waals surface area contributed by atoms with Crippen LogP contribution in [0.2, 0.25) is 0 Å². The van der Waals surface area contributed by atoms with Gasteiger partial charge in [-0.15, -0.1) is 11.6 Å². The molecule has 2 aromatic rings. The van der Waals surface area contributed by atoms with Crippen molar-refractivity contribution in [1.29, 1.82) is 0 Å². The largest absolute Gasteiger partial charge is 0.324 e. The minimum Gasteiger partial charge on any atom is -0.324 e. The Morgan fingerprint density at radius 3 is 2.52 bits per heavy atom. The van der Waals surface area contributed by atoms with E-state index in [9.17, 15) is 8.78 Å². The first-order valence-corrected chi connectivity index (χ1v) is 7.40. The second kappa shape index (κ2) is 6.28. The van der Waals surface area contributed by atoms with E-state index in [1.807, 2.05) is 25.6 Å². The van der Waals surface area contributed by atoms with E-state index in [0.717, 1.165) is 19.0 Å². The Hall–Kier alpha value is -1.20. The average Bonchev–Trinajstić information content (AvgIpc) is 2.75. The summed E-state index contributed by atoms with van der Waals surface area (Å²) in [6.07, 6.45) is 0.840. The van der Waals surface area contributed by atoms with Crippen LogP contribution in [-0.4, -0.2) is 35.1 Å². The van der Waals surface area contributed by atoms with Crippen molar-refractivity contribution < 1.29 is 8.78 Å². The molecular formula is C15H20ClF2N3. The van der Waals surface area contributed by atoms with E-state index in [1.54, 1.807) is 6.92 Å². The van der Waals surface area contributed by atoms with Gasteiger partial charge in [0.2, 0.25) is 0 Å². The third-order valence-electron chi connectivity index (χ3n) is 3.53. The van der Waals surface area contributed by atoms with Crippen LogP contribution in [0.3, 0.4) is 0 Å². The van der Waals surface area contributed by atoms with E-state index in [1.165, 1.54) is 6.07 Å². The van der Waals surface area contributed by atoms with Gasteiger partial charge in [-0.2, -0.15) is 0 Å². The SMILES string of the molecule is CC(Cl)c1nc2c(F)cc(F)cc2n1C(C)CCN(C)C. The summed E-state index contributed by atoms with van der Waals surface area (Å²) < 4.78 is 29.3. The fourth-order valence-electron chi connectivity index (χ4n) is 2.46. The van der Waals surface area contributed by atoms with Crippen LogP contribution >= 0.6 is 11.6 Å². The number of rotatable bonds is 5. The zero-order valence-electron chi connectivity index (χ0n) is 12.7. The van der Waals surface area contributed by atoms with Crippen LogP contribution in [0.15, 0.2) is 12.1 Å². The van der Waals surface area contributed by atoms with E-state index in [-0.39, 0.29) is 16.9 Å². The molecule has 0 aliphatic rings. The molecule has 2 atom stereocenters. The van der Waals surface area contributed by atoms with Gasteiger partial charge in [0.25, 0.3) is 0 Å². The van der Waals surface area contributed by atoms with Crippen molar-refractivity contribution in [3.8, 4) is 0 Å². The second-order valence-corrected chi connectivity index (χ2v) is 6.31. The first kappa shape index (κ1) is 16.2. The fraction of sp³-hybridized carbons (Fsp3) is 0.533. The Morgan fingerprint density at radius 2 is 1.95 bits per heavy atom. The molecule has 0 aliphatic heterocycles. The molecule has 0 radical (unpaired) electrons. The Labute approximate surface area is 128 Å². The number of aromatic nitrogens is 2. The van der Waals surface area contributed by atoms with E-state index >= 15 is 0 Å². The van der Waals surface area contributed by atoms with Gasteiger partial charge in [-0.1, -0.05) is 0 Å². The maximum atomic E-state index is 13.9. The topological polar surface area (TPSA) is 21.1 Å². The first-order chi connectivity index (χ1) is 9.81. The van der Waals surface area contributed by atoms with Gasteiger partial charge in [-0.3, -0.25) is 0 Å². The van der Waals surface area contributed by atoms with Gasteiger partial charge < -0.3 is 9.47 Å². The van der Waals surface area contributed by atoms with Crippen LogP contribution in [-0.2, 0) is 0 Å². The van der Waals surface area contributed by atoms with Crippen molar-refractivity contribution >= 4 is 22.6 Å². The lowest BCUT2D eigenvalue weighted by Crippen LogP contribution is -2.18. The van der Waals surface area contributed by atoms with Gasteiger partial charge in [-0.25, -0.2) is 13.8 Å². The van der Waals surface area contributed by atoms with Crippen LogP contribution in [0.5, 0.6) is 0 Å². The Bertz CT molecular complexity index is 637. The summed E-state index contributed by atoms with van der Waals surface area (Å²) in [6.45, 7) is 4.66. The second-order valence-electron chi connectivity index (χ2n) is 5.65. The van der Waals surface area contributed by atoms with Crippen molar-refractivity contribution in [3.05, 3.63) is 29.6 Å². The van der Waals surface area contributed by atoms with Crippen molar-refractivity contribution in [1.82, 2.24) is 14.5 Å². The van der Waals surface area contributed by atoms with Gasteiger partial charge in [0, 0.05) is 12.1 Å². The minimum absolute atomic E-state index is 0.0507. The van der Waals surface area contributed by atoms with Gasteiger partial charge >= 0.3 is 0 Å². The zero-order valence-corrected chi connectivity index (χ0v) is 13.5.